The molecule has 0 aliphatic carbocycles. The van der Waals surface area contributed by atoms with Crippen LogP contribution in [0.3, 0.4) is 0 Å². The summed E-state index contributed by atoms with van der Waals surface area (Å²) in [5.74, 6) is 0. The third-order valence-electron chi connectivity index (χ3n) is 2.62. The lowest BCUT2D eigenvalue weighted by atomic mass is 10.1. The number of rotatable bonds is 7. The van der Waals surface area contributed by atoms with E-state index in [1.54, 1.807) is 0 Å². The largest absolute Gasteiger partial charge is 0.338 e. The minimum Gasteiger partial charge on any atom is -0.338 e. The molecule has 0 fully saturated rings. The van der Waals surface area contributed by atoms with Crippen LogP contribution in [0.4, 0.5) is 4.79 Å². The van der Waals surface area contributed by atoms with Gasteiger partial charge in [-0.2, -0.15) is 0 Å². The van der Waals surface area contributed by atoms with Crippen molar-refractivity contribution in [3.05, 3.63) is 35.9 Å². The van der Waals surface area contributed by atoms with Crippen molar-refractivity contribution in [3.63, 3.8) is 0 Å². The van der Waals surface area contributed by atoms with Gasteiger partial charge in [0.15, 0.2) is 0 Å². The molecule has 0 radical (unpaired) electrons. The molecular weight excluding hydrogens is 226 g/mol. The van der Waals surface area contributed by atoms with Crippen LogP contribution in [0.1, 0.15) is 12.0 Å². The quantitative estimate of drug-likeness (QED) is 0.719. The maximum atomic E-state index is 11.4. The van der Waals surface area contributed by atoms with Crippen LogP contribution in [0.25, 0.3) is 0 Å². The van der Waals surface area contributed by atoms with Crippen molar-refractivity contribution in [2.75, 3.05) is 33.7 Å². The average molecular weight is 249 g/mol. The maximum Gasteiger partial charge on any atom is 0.314 e. The number of amides is 2. The smallest absolute Gasteiger partial charge is 0.314 e. The third kappa shape index (κ3) is 6.91. The van der Waals surface area contributed by atoms with Crippen LogP contribution in [-0.2, 0) is 6.42 Å². The van der Waals surface area contributed by atoms with E-state index in [0.717, 1.165) is 19.4 Å². The molecule has 2 amide bonds. The summed E-state index contributed by atoms with van der Waals surface area (Å²) >= 11 is 0. The average Bonchev–Trinajstić information content (AvgIpc) is 2.35. The molecule has 100 valence electrons. The Bertz CT molecular complexity index is 338. The highest BCUT2D eigenvalue weighted by molar-refractivity contribution is 5.73. The molecule has 0 saturated carbocycles. The fourth-order valence-corrected chi connectivity index (χ4v) is 1.59. The first-order valence-electron chi connectivity index (χ1n) is 6.39. The standard InChI is InChI=1S/C14H23N3O/c1-17(2)12-11-16-14(18)15-10-6-9-13-7-4-3-5-8-13/h3-5,7-8H,6,9-12H2,1-2H3,(H2,15,16,18). The first kappa shape index (κ1) is 14.5. The molecule has 0 aromatic heterocycles. The summed E-state index contributed by atoms with van der Waals surface area (Å²) < 4.78 is 0. The van der Waals surface area contributed by atoms with Crippen molar-refractivity contribution in [1.29, 1.82) is 0 Å². The normalized spacial score (nSPS) is 10.4. The molecule has 0 saturated heterocycles. The summed E-state index contributed by atoms with van der Waals surface area (Å²) in [6.07, 6.45) is 1.96. The van der Waals surface area contributed by atoms with Gasteiger partial charge in [-0.3, -0.25) is 0 Å². The van der Waals surface area contributed by atoms with Gasteiger partial charge < -0.3 is 15.5 Å². The van der Waals surface area contributed by atoms with Crippen LogP contribution in [0.5, 0.6) is 0 Å². The number of aryl methyl sites for hydroxylation is 1. The molecule has 0 aliphatic heterocycles. The van der Waals surface area contributed by atoms with Gasteiger partial charge in [-0.05, 0) is 32.5 Å². The summed E-state index contributed by atoms with van der Waals surface area (Å²) in [5.41, 5.74) is 1.31. The van der Waals surface area contributed by atoms with E-state index in [1.165, 1.54) is 5.56 Å². The van der Waals surface area contributed by atoms with Crippen LogP contribution in [0, 0.1) is 0 Å². The lowest BCUT2D eigenvalue weighted by Crippen LogP contribution is -2.39. The van der Waals surface area contributed by atoms with Gasteiger partial charge in [-0.25, -0.2) is 4.79 Å². The second kappa shape index (κ2) is 8.53. The molecule has 1 aromatic rings. The number of benzene rings is 1. The zero-order valence-electron chi connectivity index (χ0n) is 11.3. The Morgan fingerprint density at radius 3 is 2.44 bits per heavy atom. The lowest BCUT2D eigenvalue weighted by molar-refractivity contribution is 0.239. The number of likely N-dealkylation sites (N-methyl/N-ethyl adjacent to an activating group) is 1. The Hall–Kier alpha value is -1.55. The Morgan fingerprint density at radius 1 is 1.11 bits per heavy atom. The molecule has 4 nitrogen and oxygen atoms in total. The van der Waals surface area contributed by atoms with Crippen molar-refractivity contribution in [3.8, 4) is 0 Å². The Morgan fingerprint density at radius 2 is 1.78 bits per heavy atom. The molecule has 18 heavy (non-hydrogen) atoms. The first-order valence-corrected chi connectivity index (χ1v) is 6.39. The van der Waals surface area contributed by atoms with Gasteiger partial charge in [0, 0.05) is 19.6 Å². The number of hydrogen-bond acceptors (Lipinski definition) is 2. The molecule has 0 unspecified atom stereocenters. The first-order chi connectivity index (χ1) is 8.68. The Kier molecular flexibility index (Phi) is 6.87. The predicted octanol–water partition coefficient (Wildman–Crippen LogP) is 1.48. The number of nitrogens with zero attached hydrogens (tertiary/aromatic N) is 1. The molecule has 1 rings (SSSR count). The third-order valence-corrected chi connectivity index (χ3v) is 2.62. The van der Waals surface area contributed by atoms with E-state index in [1.807, 2.05) is 37.2 Å². The maximum absolute atomic E-state index is 11.4. The zero-order valence-corrected chi connectivity index (χ0v) is 11.3. The van der Waals surface area contributed by atoms with Gasteiger partial charge in [0.1, 0.15) is 0 Å². The molecule has 2 N–H and O–H groups in total. The molecule has 0 atom stereocenters. The van der Waals surface area contributed by atoms with Gasteiger partial charge in [0.25, 0.3) is 0 Å². The van der Waals surface area contributed by atoms with E-state index in [9.17, 15) is 4.79 Å². The molecule has 0 bridgehead atoms. The van der Waals surface area contributed by atoms with Crippen LogP contribution < -0.4 is 10.6 Å². The second-order valence-corrected chi connectivity index (χ2v) is 4.58. The zero-order chi connectivity index (χ0) is 13.2. The van der Waals surface area contributed by atoms with E-state index in [-0.39, 0.29) is 6.03 Å². The summed E-state index contributed by atoms with van der Waals surface area (Å²) in [4.78, 5) is 13.4. The van der Waals surface area contributed by atoms with Gasteiger partial charge in [-0.15, -0.1) is 0 Å². The minimum absolute atomic E-state index is 0.0788. The summed E-state index contributed by atoms with van der Waals surface area (Å²) in [6, 6.07) is 10.2. The summed E-state index contributed by atoms with van der Waals surface area (Å²) in [5, 5.41) is 5.68. The Balaban J connectivity index is 2.02. The number of nitrogens with one attached hydrogen (secondary N) is 2. The van der Waals surface area contributed by atoms with Crippen molar-refractivity contribution in [2.24, 2.45) is 0 Å². The fourth-order valence-electron chi connectivity index (χ4n) is 1.59. The second-order valence-electron chi connectivity index (χ2n) is 4.58. The van der Waals surface area contributed by atoms with E-state index < -0.39 is 0 Å². The van der Waals surface area contributed by atoms with Crippen LogP contribution in [0.2, 0.25) is 0 Å². The Labute approximate surface area is 109 Å². The van der Waals surface area contributed by atoms with Gasteiger partial charge in [-0.1, -0.05) is 30.3 Å². The van der Waals surface area contributed by atoms with Crippen molar-refractivity contribution in [1.82, 2.24) is 15.5 Å². The number of carbonyl (C=O) groups is 1. The molecule has 0 heterocycles. The predicted molar refractivity (Wildman–Crippen MR) is 74.7 cm³/mol. The monoisotopic (exact) mass is 249 g/mol. The van der Waals surface area contributed by atoms with Gasteiger partial charge in [0.2, 0.25) is 0 Å². The SMILES string of the molecule is CN(C)CCNC(=O)NCCCc1ccccc1. The fraction of sp³-hybridized carbons (Fsp3) is 0.500. The van der Waals surface area contributed by atoms with Gasteiger partial charge in [0.05, 0.1) is 0 Å². The van der Waals surface area contributed by atoms with Crippen LogP contribution >= 0.6 is 0 Å². The van der Waals surface area contributed by atoms with Crippen LogP contribution in [0.15, 0.2) is 30.3 Å². The summed E-state index contributed by atoms with van der Waals surface area (Å²) in [6.45, 7) is 2.25. The van der Waals surface area contributed by atoms with Crippen molar-refractivity contribution in [2.45, 2.75) is 12.8 Å². The van der Waals surface area contributed by atoms with E-state index in [0.29, 0.717) is 13.1 Å². The highest BCUT2D eigenvalue weighted by Crippen LogP contribution is 2.01. The van der Waals surface area contributed by atoms with E-state index in [2.05, 4.69) is 22.8 Å². The molecule has 0 aliphatic rings. The number of hydrogen-bond donors (Lipinski definition) is 2. The summed E-state index contributed by atoms with van der Waals surface area (Å²) in [7, 11) is 3.97. The number of carbonyl (C=O) groups excluding carboxylic acids is 1. The van der Waals surface area contributed by atoms with E-state index in [4.69, 9.17) is 0 Å². The van der Waals surface area contributed by atoms with Crippen molar-refractivity contribution >= 4 is 6.03 Å². The van der Waals surface area contributed by atoms with Crippen molar-refractivity contribution < 1.29 is 4.79 Å². The lowest BCUT2D eigenvalue weighted by Gasteiger charge is -2.11. The van der Waals surface area contributed by atoms with Crippen LogP contribution in [-0.4, -0.2) is 44.7 Å². The molecular formula is C14H23N3O. The molecule has 4 heteroatoms. The molecule has 1 aromatic carbocycles. The highest BCUT2D eigenvalue weighted by Gasteiger charge is 1.99. The van der Waals surface area contributed by atoms with Gasteiger partial charge >= 0.3 is 6.03 Å². The molecule has 0 spiro atoms. The van der Waals surface area contributed by atoms with E-state index >= 15 is 0 Å². The highest BCUT2D eigenvalue weighted by atomic mass is 16.2. The minimum atomic E-state index is -0.0788. The topological polar surface area (TPSA) is 44.4 Å². The number of urea groups is 1.